The van der Waals surface area contributed by atoms with Crippen LogP contribution in [-0.2, 0) is 0 Å². The molecule has 17 heavy (non-hydrogen) atoms. The number of hydrogen-bond donors (Lipinski definition) is 2. The van der Waals surface area contributed by atoms with Crippen LogP contribution in [0.25, 0.3) is 0 Å². The van der Waals surface area contributed by atoms with Crippen LogP contribution in [0.4, 0.5) is 0 Å². The fraction of sp³-hybridized carbons (Fsp3) is 0.692. The molecule has 0 amide bonds. The van der Waals surface area contributed by atoms with E-state index in [9.17, 15) is 0 Å². The standard InChI is InChI=1S/C13H22ClNOS/c1-10(11-7-12(14)17-8-11)15-9-13(2,3)5-4-6-16/h7-8,10,15-16H,4-6,9H2,1-3H3. The van der Waals surface area contributed by atoms with Gasteiger partial charge in [-0.2, -0.15) is 0 Å². The quantitative estimate of drug-likeness (QED) is 0.792. The van der Waals surface area contributed by atoms with E-state index in [-0.39, 0.29) is 12.0 Å². The summed E-state index contributed by atoms with van der Waals surface area (Å²) < 4.78 is 0.841. The molecule has 1 unspecified atom stereocenters. The third kappa shape index (κ3) is 5.38. The van der Waals surface area contributed by atoms with Gasteiger partial charge in [-0.05, 0) is 42.2 Å². The van der Waals surface area contributed by atoms with E-state index in [2.05, 4.69) is 31.5 Å². The molecule has 0 spiro atoms. The van der Waals surface area contributed by atoms with Gasteiger partial charge in [0.25, 0.3) is 0 Å². The minimum atomic E-state index is 0.219. The van der Waals surface area contributed by atoms with Crippen LogP contribution in [0.2, 0.25) is 4.34 Å². The second-order valence-electron chi connectivity index (χ2n) is 5.28. The Kier molecular flexibility index (Phi) is 5.93. The van der Waals surface area contributed by atoms with E-state index in [1.165, 1.54) is 5.56 Å². The molecule has 2 N–H and O–H groups in total. The minimum Gasteiger partial charge on any atom is -0.396 e. The topological polar surface area (TPSA) is 32.3 Å². The van der Waals surface area contributed by atoms with Crippen molar-refractivity contribution < 1.29 is 5.11 Å². The largest absolute Gasteiger partial charge is 0.396 e. The predicted octanol–water partition coefficient (Wildman–Crippen LogP) is 3.85. The Labute approximate surface area is 113 Å². The van der Waals surface area contributed by atoms with Crippen molar-refractivity contribution in [2.75, 3.05) is 13.2 Å². The number of aliphatic hydroxyl groups excluding tert-OH is 1. The highest BCUT2D eigenvalue weighted by atomic mass is 35.5. The number of thiophene rings is 1. The molecular weight excluding hydrogens is 254 g/mol. The second kappa shape index (κ2) is 6.74. The zero-order valence-corrected chi connectivity index (χ0v) is 12.4. The maximum Gasteiger partial charge on any atom is 0.0931 e. The van der Waals surface area contributed by atoms with Gasteiger partial charge in [-0.25, -0.2) is 0 Å². The summed E-state index contributed by atoms with van der Waals surface area (Å²) in [6, 6.07) is 2.34. The van der Waals surface area contributed by atoms with Crippen molar-refractivity contribution in [2.45, 2.75) is 39.7 Å². The number of rotatable bonds is 7. The summed E-state index contributed by atoms with van der Waals surface area (Å²) in [5.74, 6) is 0. The number of halogens is 1. The highest BCUT2D eigenvalue weighted by Crippen LogP contribution is 2.26. The smallest absolute Gasteiger partial charge is 0.0931 e. The molecule has 0 fully saturated rings. The third-order valence-electron chi connectivity index (χ3n) is 2.99. The molecule has 0 bridgehead atoms. The van der Waals surface area contributed by atoms with Crippen molar-refractivity contribution in [3.63, 3.8) is 0 Å². The lowest BCUT2D eigenvalue weighted by Gasteiger charge is -2.27. The number of hydrogen-bond acceptors (Lipinski definition) is 3. The van der Waals surface area contributed by atoms with Crippen molar-refractivity contribution in [1.29, 1.82) is 0 Å². The van der Waals surface area contributed by atoms with Gasteiger partial charge in [0.1, 0.15) is 0 Å². The Hall–Kier alpha value is -0.0900. The fourth-order valence-electron chi connectivity index (χ4n) is 1.74. The van der Waals surface area contributed by atoms with Gasteiger partial charge in [-0.3, -0.25) is 0 Å². The van der Waals surface area contributed by atoms with Crippen LogP contribution < -0.4 is 5.32 Å². The molecule has 0 aromatic carbocycles. The Morgan fingerprint density at radius 3 is 2.76 bits per heavy atom. The zero-order valence-electron chi connectivity index (χ0n) is 10.8. The summed E-state index contributed by atoms with van der Waals surface area (Å²) in [5, 5.41) is 14.5. The summed E-state index contributed by atoms with van der Waals surface area (Å²) in [6.45, 7) is 7.83. The highest BCUT2D eigenvalue weighted by molar-refractivity contribution is 7.14. The van der Waals surface area contributed by atoms with E-state index >= 15 is 0 Å². The Balaban J connectivity index is 2.39. The molecule has 1 rings (SSSR count). The maximum atomic E-state index is 8.85. The van der Waals surface area contributed by atoms with Crippen molar-refractivity contribution in [3.8, 4) is 0 Å². The first kappa shape index (κ1) is 15.0. The molecule has 4 heteroatoms. The number of aliphatic hydroxyl groups is 1. The molecule has 2 nitrogen and oxygen atoms in total. The zero-order chi connectivity index (χ0) is 12.9. The van der Waals surface area contributed by atoms with E-state index < -0.39 is 0 Å². The Morgan fingerprint density at radius 1 is 1.53 bits per heavy atom. The van der Waals surface area contributed by atoms with Gasteiger partial charge in [0.2, 0.25) is 0 Å². The maximum absolute atomic E-state index is 8.85. The molecular formula is C13H22ClNOS. The lowest BCUT2D eigenvalue weighted by molar-refractivity contribution is 0.233. The van der Waals surface area contributed by atoms with E-state index in [0.29, 0.717) is 6.04 Å². The number of nitrogens with one attached hydrogen (secondary N) is 1. The van der Waals surface area contributed by atoms with Gasteiger partial charge in [-0.15, -0.1) is 11.3 Å². The summed E-state index contributed by atoms with van der Waals surface area (Å²) in [4.78, 5) is 0. The molecule has 0 radical (unpaired) electrons. The lowest BCUT2D eigenvalue weighted by atomic mass is 9.87. The highest BCUT2D eigenvalue weighted by Gasteiger charge is 2.18. The third-order valence-corrected chi connectivity index (χ3v) is 4.10. The second-order valence-corrected chi connectivity index (χ2v) is 6.82. The summed E-state index contributed by atoms with van der Waals surface area (Å²) >= 11 is 7.50. The Bertz CT molecular complexity index is 338. The van der Waals surface area contributed by atoms with Crippen LogP contribution in [0.3, 0.4) is 0 Å². The van der Waals surface area contributed by atoms with Gasteiger partial charge in [0.05, 0.1) is 4.34 Å². The van der Waals surface area contributed by atoms with E-state index in [1.807, 2.05) is 6.07 Å². The summed E-state index contributed by atoms with van der Waals surface area (Å²) in [5.41, 5.74) is 1.47. The normalized spacial score (nSPS) is 13.9. The van der Waals surface area contributed by atoms with Crippen molar-refractivity contribution in [1.82, 2.24) is 5.32 Å². The monoisotopic (exact) mass is 275 g/mol. The Morgan fingerprint density at radius 2 is 2.24 bits per heavy atom. The lowest BCUT2D eigenvalue weighted by Crippen LogP contribution is -2.31. The van der Waals surface area contributed by atoms with E-state index in [4.69, 9.17) is 16.7 Å². The molecule has 0 aliphatic heterocycles. The van der Waals surface area contributed by atoms with Gasteiger partial charge < -0.3 is 10.4 Å². The van der Waals surface area contributed by atoms with Crippen molar-refractivity contribution >= 4 is 22.9 Å². The average molecular weight is 276 g/mol. The molecule has 1 heterocycles. The molecule has 98 valence electrons. The average Bonchev–Trinajstić information content (AvgIpc) is 2.70. The van der Waals surface area contributed by atoms with Crippen LogP contribution in [0, 0.1) is 5.41 Å². The first-order valence-electron chi connectivity index (χ1n) is 6.03. The molecule has 0 saturated heterocycles. The first-order chi connectivity index (χ1) is 7.94. The molecule has 1 aromatic heterocycles. The predicted molar refractivity (Wildman–Crippen MR) is 75.8 cm³/mol. The molecule has 1 atom stereocenters. The SMILES string of the molecule is CC(NCC(C)(C)CCCO)c1csc(Cl)c1. The molecule has 1 aromatic rings. The van der Waals surface area contributed by atoms with Crippen LogP contribution in [0.1, 0.15) is 45.2 Å². The fourth-order valence-corrected chi connectivity index (χ4v) is 2.73. The van der Waals surface area contributed by atoms with Gasteiger partial charge in [-0.1, -0.05) is 25.4 Å². The van der Waals surface area contributed by atoms with Gasteiger partial charge >= 0.3 is 0 Å². The molecule has 0 aliphatic rings. The van der Waals surface area contributed by atoms with Gasteiger partial charge in [0.15, 0.2) is 0 Å². The van der Waals surface area contributed by atoms with Crippen LogP contribution in [0.5, 0.6) is 0 Å². The van der Waals surface area contributed by atoms with Crippen LogP contribution in [-0.4, -0.2) is 18.3 Å². The van der Waals surface area contributed by atoms with Crippen molar-refractivity contribution in [3.05, 3.63) is 21.3 Å². The van der Waals surface area contributed by atoms with Gasteiger partial charge in [0, 0.05) is 19.2 Å². The summed E-state index contributed by atoms with van der Waals surface area (Å²) in [6.07, 6.45) is 1.90. The molecule has 0 aliphatic carbocycles. The van der Waals surface area contributed by atoms with Crippen LogP contribution in [0.15, 0.2) is 11.4 Å². The van der Waals surface area contributed by atoms with Crippen LogP contribution >= 0.6 is 22.9 Å². The van der Waals surface area contributed by atoms with E-state index in [1.54, 1.807) is 11.3 Å². The van der Waals surface area contributed by atoms with Crippen molar-refractivity contribution in [2.24, 2.45) is 5.41 Å². The molecule has 0 saturated carbocycles. The summed E-state index contributed by atoms with van der Waals surface area (Å²) in [7, 11) is 0. The van der Waals surface area contributed by atoms with E-state index in [0.717, 1.165) is 23.7 Å². The first-order valence-corrected chi connectivity index (χ1v) is 7.28. The minimum absolute atomic E-state index is 0.219.